The molecule has 0 spiro atoms. The van der Waals surface area contributed by atoms with Crippen molar-refractivity contribution in [2.45, 2.75) is 44.3 Å². The first-order valence-corrected chi connectivity index (χ1v) is 12.6. The average molecular weight is 449 g/mol. The number of hydrogen-bond acceptors (Lipinski definition) is 5. The molecule has 2 saturated heterocycles. The van der Waals surface area contributed by atoms with E-state index in [1.165, 1.54) is 5.56 Å². The molecule has 1 atom stereocenters. The number of aromatic nitrogens is 2. The number of carbonyl (C=O) groups excluding carboxylic acids is 1. The Bertz CT molecular complexity index is 1020. The number of hydrogen-bond donors (Lipinski definition) is 2. The highest BCUT2D eigenvalue weighted by Gasteiger charge is 2.44. The molecule has 2 aromatic heterocycles. The van der Waals surface area contributed by atoms with Crippen LogP contribution >= 0.6 is 0 Å². The molecule has 2 aromatic rings. The van der Waals surface area contributed by atoms with Crippen LogP contribution in [0, 0.1) is 11.8 Å². The van der Waals surface area contributed by atoms with E-state index in [0.29, 0.717) is 19.0 Å². The van der Waals surface area contributed by atoms with Gasteiger partial charge in [-0.15, -0.1) is 0 Å². The van der Waals surface area contributed by atoms with Gasteiger partial charge in [-0.1, -0.05) is 13.8 Å². The summed E-state index contributed by atoms with van der Waals surface area (Å²) in [5, 5.41) is 10.0. The van der Waals surface area contributed by atoms with Crippen LogP contribution in [0.15, 0.2) is 24.5 Å². The number of amides is 1. The number of piperidine rings is 1. The van der Waals surface area contributed by atoms with E-state index in [1.807, 2.05) is 26.1 Å². The normalized spacial score (nSPS) is 20.3. The van der Waals surface area contributed by atoms with Gasteiger partial charge in [0.2, 0.25) is 15.9 Å². The Hall–Kier alpha value is -1.97. The second-order valence-corrected chi connectivity index (χ2v) is 11.4. The van der Waals surface area contributed by atoms with E-state index in [4.69, 9.17) is 0 Å². The van der Waals surface area contributed by atoms with Crippen LogP contribution in [0.2, 0.25) is 0 Å². The first kappa shape index (κ1) is 22.2. The Balaban J connectivity index is 1.31. The zero-order valence-corrected chi connectivity index (χ0v) is 19.0. The van der Waals surface area contributed by atoms with E-state index in [1.54, 1.807) is 15.4 Å². The highest BCUT2D eigenvalue weighted by atomic mass is 32.2. The van der Waals surface area contributed by atoms with Gasteiger partial charge in [0, 0.05) is 57.0 Å². The first-order chi connectivity index (χ1) is 14.8. The van der Waals surface area contributed by atoms with Gasteiger partial charge >= 0.3 is 0 Å². The minimum atomic E-state index is -3.41. The van der Waals surface area contributed by atoms with Crippen LogP contribution in [0.1, 0.15) is 44.6 Å². The number of nitrogens with zero attached hydrogens (tertiary/aromatic N) is 3. The number of carbonyl (C=O) groups is 1. The molecule has 31 heavy (non-hydrogen) atoms. The van der Waals surface area contributed by atoms with E-state index in [9.17, 15) is 18.3 Å². The lowest BCUT2D eigenvalue weighted by Gasteiger charge is -2.42. The SMILES string of the molecule is CC(C)C(CO)CC(=O)N1CC(S(=O)(=O)N2CCC(c3c[nH]c4ncccc34)CC2)C1. The zero-order valence-electron chi connectivity index (χ0n) is 18.2. The van der Waals surface area contributed by atoms with Crippen molar-refractivity contribution >= 4 is 27.0 Å². The largest absolute Gasteiger partial charge is 0.396 e. The molecule has 8 nitrogen and oxygen atoms in total. The number of aliphatic hydroxyl groups is 1. The Morgan fingerprint density at radius 3 is 2.65 bits per heavy atom. The van der Waals surface area contributed by atoms with Crippen LogP contribution < -0.4 is 0 Å². The van der Waals surface area contributed by atoms with Gasteiger partial charge in [0.25, 0.3) is 0 Å². The maximum absolute atomic E-state index is 13.1. The summed E-state index contributed by atoms with van der Waals surface area (Å²) in [7, 11) is -3.41. The number of pyridine rings is 1. The number of fused-ring (bicyclic) bond motifs is 1. The third-order valence-corrected chi connectivity index (χ3v) is 9.20. The molecule has 2 fully saturated rings. The van der Waals surface area contributed by atoms with Gasteiger partial charge in [-0.05, 0) is 48.3 Å². The van der Waals surface area contributed by atoms with Gasteiger partial charge in [-0.25, -0.2) is 17.7 Å². The van der Waals surface area contributed by atoms with Crippen molar-refractivity contribution in [3.05, 3.63) is 30.1 Å². The van der Waals surface area contributed by atoms with Crippen molar-refractivity contribution < 1.29 is 18.3 Å². The molecule has 2 N–H and O–H groups in total. The van der Waals surface area contributed by atoms with Crippen molar-refractivity contribution in [2.75, 3.05) is 32.8 Å². The summed E-state index contributed by atoms with van der Waals surface area (Å²) in [4.78, 5) is 21.6. The van der Waals surface area contributed by atoms with Gasteiger partial charge in [0.15, 0.2) is 0 Å². The number of rotatable bonds is 7. The van der Waals surface area contributed by atoms with E-state index < -0.39 is 15.3 Å². The van der Waals surface area contributed by atoms with Gasteiger partial charge in [0.05, 0.1) is 0 Å². The molecular weight excluding hydrogens is 416 g/mol. The van der Waals surface area contributed by atoms with Gasteiger partial charge in [0.1, 0.15) is 10.9 Å². The second-order valence-electron chi connectivity index (χ2n) is 9.17. The van der Waals surface area contributed by atoms with Crippen LogP contribution in [0.3, 0.4) is 0 Å². The fraction of sp³-hybridized carbons (Fsp3) is 0.636. The summed E-state index contributed by atoms with van der Waals surface area (Å²) < 4.78 is 27.7. The Kier molecular flexibility index (Phi) is 6.37. The smallest absolute Gasteiger partial charge is 0.223 e. The highest BCUT2D eigenvalue weighted by Crippen LogP contribution is 2.34. The number of sulfonamides is 1. The summed E-state index contributed by atoms with van der Waals surface area (Å²) in [6.45, 7) is 5.45. The van der Waals surface area contributed by atoms with Crippen LogP contribution in [-0.4, -0.2) is 76.6 Å². The standard InChI is InChI=1S/C22H32N4O4S/c1-15(2)17(14-27)10-21(28)25-12-18(13-25)31(29,30)26-8-5-16(6-9-26)20-11-24-22-19(20)4-3-7-23-22/h3-4,7,11,15-18,27H,5-6,8-10,12-14H2,1-2H3,(H,23,24). The summed E-state index contributed by atoms with van der Waals surface area (Å²) in [5.41, 5.74) is 2.08. The molecule has 0 aromatic carbocycles. The Labute approximate surface area is 183 Å². The van der Waals surface area contributed by atoms with Crippen molar-refractivity contribution in [1.82, 2.24) is 19.2 Å². The van der Waals surface area contributed by atoms with Crippen LogP contribution in [0.5, 0.6) is 0 Å². The summed E-state index contributed by atoms with van der Waals surface area (Å²) in [6, 6.07) is 3.98. The van der Waals surface area contributed by atoms with Crippen LogP contribution in [0.4, 0.5) is 0 Å². The lowest BCUT2D eigenvalue weighted by Crippen LogP contribution is -2.60. The third-order valence-electron chi connectivity index (χ3n) is 6.97. The third kappa shape index (κ3) is 4.36. The Morgan fingerprint density at radius 1 is 1.29 bits per heavy atom. The van der Waals surface area contributed by atoms with Gasteiger partial charge in [-0.3, -0.25) is 4.79 Å². The molecule has 0 radical (unpaired) electrons. The summed E-state index contributed by atoms with van der Waals surface area (Å²) in [6.07, 6.45) is 5.59. The maximum atomic E-state index is 13.1. The minimum Gasteiger partial charge on any atom is -0.396 e. The van der Waals surface area contributed by atoms with Gasteiger partial charge < -0.3 is 15.0 Å². The van der Waals surface area contributed by atoms with E-state index >= 15 is 0 Å². The highest BCUT2D eigenvalue weighted by molar-refractivity contribution is 7.89. The molecule has 9 heteroatoms. The number of aromatic amines is 1. The van der Waals surface area contributed by atoms with Crippen molar-refractivity contribution in [2.24, 2.45) is 11.8 Å². The zero-order chi connectivity index (χ0) is 22.2. The number of aliphatic hydroxyl groups excluding tert-OH is 1. The van der Waals surface area contributed by atoms with Crippen LogP contribution in [0.25, 0.3) is 11.0 Å². The molecule has 0 saturated carbocycles. The lowest BCUT2D eigenvalue weighted by atomic mass is 9.90. The molecule has 0 bridgehead atoms. The average Bonchev–Trinajstić information content (AvgIpc) is 3.14. The maximum Gasteiger partial charge on any atom is 0.223 e. The van der Waals surface area contributed by atoms with Crippen molar-refractivity contribution in [3.8, 4) is 0 Å². The van der Waals surface area contributed by atoms with Gasteiger partial charge in [-0.2, -0.15) is 0 Å². The first-order valence-electron chi connectivity index (χ1n) is 11.1. The summed E-state index contributed by atoms with van der Waals surface area (Å²) >= 11 is 0. The van der Waals surface area contributed by atoms with E-state index in [-0.39, 0.29) is 43.9 Å². The number of H-pyrrole nitrogens is 1. The molecule has 4 heterocycles. The molecule has 2 aliphatic heterocycles. The molecule has 0 aliphatic carbocycles. The quantitative estimate of drug-likeness (QED) is 0.673. The van der Waals surface area contributed by atoms with Crippen molar-refractivity contribution in [1.29, 1.82) is 0 Å². The fourth-order valence-corrected chi connectivity index (χ4v) is 6.52. The predicted molar refractivity (Wildman–Crippen MR) is 119 cm³/mol. The Morgan fingerprint density at radius 2 is 2.00 bits per heavy atom. The molecule has 1 amide bonds. The molecule has 170 valence electrons. The molecule has 4 rings (SSSR count). The monoisotopic (exact) mass is 448 g/mol. The summed E-state index contributed by atoms with van der Waals surface area (Å²) in [5.74, 6) is 0.382. The lowest BCUT2D eigenvalue weighted by molar-refractivity contribution is -0.136. The van der Waals surface area contributed by atoms with E-state index in [0.717, 1.165) is 23.9 Å². The fourth-order valence-electron chi connectivity index (χ4n) is 4.64. The van der Waals surface area contributed by atoms with Crippen LogP contribution in [-0.2, 0) is 14.8 Å². The topological polar surface area (TPSA) is 107 Å². The number of likely N-dealkylation sites (tertiary alicyclic amines) is 1. The molecule has 1 unspecified atom stereocenters. The molecular formula is C22H32N4O4S. The van der Waals surface area contributed by atoms with E-state index in [2.05, 4.69) is 16.0 Å². The van der Waals surface area contributed by atoms with Crippen molar-refractivity contribution in [3.63, 3.8) is 0 Å². The second kappa shape index (κ2) is 8.88. The minimum absolute atomic E-state index is 0.0274. The molecule has 2 aliphatic rings. The number of nitrogens with one attached hydrogen (secondary N) is 1. The predicted octanol–water partition coefficient (Wildman–Crippen LogP) is 1.94.